The van der Waals surface area contributed by atoms with E-state index in [1.165, 1.54) is 0 Å². The van der Waals surface area contributed by atoms with Crippen LogP contribution in [-0.2, 0) is 0 Å². The zero-order valence-electron chi connectivity index (χ0n) is 10.6. The van der Waals surface area contributed by atoms with E-state index in [0.717, 1.165) is 12.8 Å². The van der Waals surface area contributed by atoms with Gasteiger partial charge in [-0.1, -0.05) is 26.7 Å². The molecule has 0 aliphatic carbocycles. The second kappa shape index (κ2) is 6.23. The maximum absolute atomic E-state index is 11.0. The molecule has 0 aromatic carbocycles. The first kappa shape index (κ1) is 13.5. The average Bonchev–Trinajstić information content (AvgIpc) is 2.31. The van der Waals surface area contributed by atoms with Crippen molar-refractivity contribution in [3.8, 4) is 5.75 Å². The number of aryl methyl sites for hydroxylation is 1. The first-order chi connectivity index (χ1) is 8.08. The topological polar surface area (TPSA) is 59.4 Å². The van der Waals surface area contributed by atoms with Crippen LogP contribution < -0.4 is 4.74 Å². The molecule has 0 amide bonds. The van der Waals surface area contributed by atoms with Gasteiger partial charge in [0.1, 0.15) is 0 Å². The summed E-state index contributed by atoms with van der Waals surface area (Å²) in [5.74, 6) is -0.235. The summed E-state index contributed by atoms with van der Waals surface area (Å²) in [7, 11) is 0. The second-order valence-corrected chi connectivity index (χ2v) is 4.10. The van der Waals surface area contributed by atoms with Gasteiger partial charge in [-0.15, -0.1) is 0 Å². The minimum absolute atomic E-state index is 0.00374. The summed E-state index contributed by atoms with van der Waals surface area (Å²) in [4.78, 5) is 15.0. The molecule has 1 N–H and O–H groups in total. The molecule has 4 heteroatoms. The van der Waals surface area contributed by atoms with Crippen LogP contribution in [0.2, 0.25) is 0 Å². The van der Waals surface area contributed by atoms with Gasteiger partial charge in [0.2, 0.25) is 0 Å². The van der Waals surface area contributed by atoms with E-state index >= 15 is 0 Å². The molecule has 0 bridgehead atoms. The smallest absolute Gasteiger partial charge is 0.358 e. The van der Waals surface area contributed by atoms with Crippen LogP contribution in [0, 0.1) is 12.8 Å². The van der Waals surface area contributed by atoms with E-state index in [1.54, 1.807) is 19.1 Å². The molecular formula is C13H19NO3. The molecule has 4 nitrogen and oxygen atoms in total. The Morgan fingerprint density at radius 2 is 2.06 bits per heavy atom. The number of aromatic nitrogens is 1. The van der Waals surface area contributed by atoms with Crippen LogP contribution >= 0.6 is 0 Å². The molecule has 94 valence electrons. The van der Waals surface area contributed by atoms with E-state index in [9.17, 15) is 4.79 Å². The van der Waals surface area contributed by atoms with Crippen molar-refractivity contribution in [2.75, 3.05) is 6.61 Å². The van der Waals surface area contributed by atoms with Gasteiger partial charge in [0.25, 0.3) is 0 Å². The number of nitrogens with zero attached hydrogens (tertiary/aromatic N) is 1. The van der Waals surface area contributed by atoms with Crippen LogP contribution in [0.25, 0.3) is 0 Å². The monoisotopic (exact) mass is 237 g/mol. The molecule has 0 radical (unpaired) electrons. The summed E-state index contributed by atoms with van der Waals surface area (Å²) in [6.45, 7) is 6.50. The Balaban J connectivity index is 2.80. The molecule has 0 saturated heterocycles. The van der Waals surface area contributed by atoms with Crippen molar-refractivity contribution in [2.24, 2.45) is 5.92 Å². The summed E-state index contributed by atoms with van der Waals surface area (Å²) < 4.78 is 5.55. The molecule has 0 saturated carbocycles. The molecule has 17 heavy (non-hydrogen) atoms. The Bertz CT molecular complexity index is 386. The van der Waals surface area contributed by atoms with Crippen molar-refractivity contribution < 1.29 is 14.6 Å². The molecule has 0 aliphatic heterocycles. The lowest BCUT2D eigenvalue weighted by Crippen LogP contribution is -2.13. The van der Waals surface area contributed by atoms with Crippen molar-refractivity contribution in [1.29, 1.82) is 0 Å². The number of carboxylic acid groups (broad SMARTS) is 1. The van der Waals surface area contributed by atoms with E-state index < -0.39 is 5.97 Å². The lowest BCUT2D eigenvalue weighted by atomic mass is 10.1. The minimum Gasteiger partial charge on any atom is -0.491 e. The molecule has 1 rings (SSSR count). The number of aromatic carboxylic acids is 1. The maximum Gasteiger partial charge on any atom is 0.358 e. The number of carboxylic acids is 1. The third-order valence-electron chi connectivity index (χ3n) is 2.83. The Kier molecular flexibility index (Phi) is 4.94. The molecule has 0 fully saturated rings. The predicted molar refractivity (Wildman–Crippen MR) is 65.5 cm³/mol. The molecule has 0 aliphatic rings. The van der Waals surface area contributed by atoms with E-state index in [2.05, 4.69) is 18.8 Å². The SMILES string of the molecule is CCC(CC)COc1ccc(C)nc1C(=O)O. The number of pyridine rings is 1. The molecule has 1 aromatic heterocycles. The second-order valence-electron chi connectivity index (χ2n) is 4.10. The van der Waals surface area contributed by atoms with Gasteiger partial charge in [-0.25, -0.2) is 9.78 Å². The molecule has 1 heterocycles. The Labute approximate surface area is 102 Å². The van der Waals surface area contributed by atoms with Gasteiger partial charge in [-0.2, -0.15) is 0 Å². The van der Waals surface area contributed by atoms with Crippen molar-refractivity contribution in [2.45, 2.75) is 33.6 Å². The van der Waals surface area contributed by atoms with Gasteiger partial charge in [-0.05, 0) is 25.0 Å². The molecule has 0 atom stereocenters. The fourth-order valence-electron chi connectivity index (χ4n) is 1.55. The zero-order valence-corrected chi connectivity index (χ0v) is 10.6. The normalized spacial score (nSPS) is 10.6. The van der Waals surface area contributed by atoms with Crippen molar-refractivity contribution >= 4 is 5.97 Å². The van der Waals surface area contributed by atoms with Crippen molar-refractivity contribution in [3.63, 3.8) is 0 Å². The number of hydrogen-bond donors (Lipinski definition) is 1. The lowest BCUT2D eigenvalue weighted by molar-refractivity contribution is 0.0684. The summed E-state index contributed by atoms with van der Waals surface area (Å²) in [6, 6.07) is 3.43. The zero-order chi connectivity index (χ0) is 12.8. The highest BCUT2D eigenvalue weighted by Gasteiger charge is 2.14. The van der Waals surface area contributed by atoms with Crippen LogP contribution in [0.4, 0.5) is 0 Å². The number of hydrogen-bond acceptors (Lipinski definition) is 3. The van der Waals surface area contributed by atoms with Crippen LogP contribution in [0.5, 0.6) is 5.75 Å². The predicted octanol–water partition coefficient (Wildman–Crippen LogP) is 2.90. The van der Waals surface area contributed by atoms with Gasteiger partial charge >= 0.3 is 5.97 Å². The molecular weight excluding hydrogens is 218 g/mol. The fraction of sp³-hybridized carbons (Fsp3) is 0.538. The van der Waals surface area contributed by atoms with E-state index in [-0.39, 0.29) is 5.69 Å². The Morgan fingerprint density at radius 1 is 1.41 bits per heavy atom. The third kappa shape index (κ3) is 3.73. The van der Waals surface area contributed by atoms with E-state index in [1.807, 2.05) is 0 Å². The first-order valence-corrected chi connectivity index (χ1v) is 5.92. The highest BCUT2D eigenvalue weighted by molar-refractivity contribution is 5.88. The lowest BCUT2D eigenvalue weighted by Gasteiger charge is -2.14. The molecule has 1 aromatic rings. The Morgan fingerprint density at radius 3 is 2.59 bits per heavy atom. The molecule has 0 spiro atoms. The van der Waals surface area contributed by atoms with Gasteiger partial charge in [-0.3, -0.25) is 0 Å². The van der Waals surface area contributed by atoms with Crippen LogP contribution in [-0.4, -0.2) is 22.7 Å². The summed E-state index contributed by atoms with van der Waals surface area (Å²) >= 11 is 0. The van der Waals surface area contributed by atoms with Crippen LogP contribution in [0.1, 0.15) is 42.9 Å². The van der Waals surface area contributed by atoms with Crippen molar-refractivity contribution in [1.82, 2.24) is 4.98 Å². The number of rotatable bonds is 6. The van der Waals surface area contributed by atoms with Crippen LogP contribution in [0.15, 0.2) is 12.1 Å². The van der Waals surface area contributed by atoms with E-state index in [4.69, 9.17) is 9.84 Å². The van der Waals surface area contributed by atoms with Gasteiger partial charge in [0, 0.05) is 5.69 Å². The van der Waals surface area contributed by atoms with Crippen molar-refractivity contribution in [3.05, 3.63) is 23.5 Å². The minimum atomic E-state index is -1.05. The highest BCUT2D eigenvalue weighted by Crippen LogP contribution is 2.19. The standard InChI is InChI=1S/C13H19NO3/c1-4-10(5-2)8-17-11-7-6-9(3)14-12(11)13(15)16/h6-7,10H,4-5,8H2,1-3H3,(H,15,16). The average molecular weight is 237 g/mol. The highest BCUT2D eigenvalue weighted by atomic mass is 16.5. The summed E-state index contributed by atoms with van der Waals surface area (Å²) in [6.07, 6.45) is 2.05. The summed E-state index contributed by atoms with van der Waals surface area (Å²) in [5.41, 5.74) is 0.674. The first-order valence-electron chi connectivity index (χ1n) is 5.92. The molecule has 0 unspecified atom stereocenters. The number of ether oxygens (including phenoxy) is 1. The fourth-order valence-corrected chi connectivity index (χ4v) is 1.55. The largest absolute Gasteiger partial charge is 0.491 e. The van der Waals surface area contributed by atoms with Crippen LogP contribution in [0.3, 0.4) is 0 Å². The number of carbonyl (C=O) groups is 1. The van der Waals surface area contributed by atoms with E-state index in [0.29, 0.717) is 24.0 Å². The Hall–Kier alpha value is -1.58. The third-order valence-corrected chi connectivity index (χ3v) is 2.83. The summed E-state index contributed by atoms with van der Waals surface area (Å²) in [5, 5.41) is 9.03. The van der Waals surface area contributed by atoms with Gasteiger partial charge in [0.05, 0.1) is 6.61 Å². The quantitative estimate of drug-likeness (QED) is 0.826. The maximum atomic E-state index is 11.0. The van der Waals surface area contributed by atoms with Gasteiger partial charge in [0.15, 0.2) is 11.4 Å². The van der Waals surface area contributed by atoms with Gasteiger partial charge < -0.3 is 9.84 Å².